The molecule has 2 aromatic carbocycles. The molecule has 3 aromatic rings. The normalized spacial score (nSPS) is 15.1. The molecular formula is C22H23BrClN3O4S. The molecule has 0 saturated carbocycles. The second kappa shape index (κ2) is 10.4. The maximum Gasteiger partial charge on any atom is 0.233 e. The third-order valence-electron chi connectivity index (χ3n) is 5.11. The van der Waals surface area contributed by atoms with Crippen LogP contribution in [0.15, 0.2) is 67.3 Å². The van der Waals surface area contributed by atoms with E-state index in [4.69, 9.17) is 20.8 Å². The minimum Gasteiger partial charge on any atom is -0.419 e. The van der Waals surface area contributed by atoms with Crippen LogP contribution >= 0.6 is 27.5 Å². The quantitative estimate of drug-likeness (QED) is 0.414. The van der Waals surface area contributed by atoms with E-state index in [1.165, 1.54) is 12.1 Å². The van der Waals surface area contributed by atoms with Gasteiger partial charge in [0.1, 0.15) is 0 Å². The molecule has 1 aromatic heterocycles. The molecule has 1 saturated heterocycles. The summed E-state index contributed by atoms with van der Waals surface area (Å²) in [4.78, 5) is 6.82. The molecule has 32 heavy (non-hydrogen) atoms. The Morgan fingerprint density at radius 1 is 1.06 bits per heavy atom. The van der Waals surface area contributed by atoms with Crippen LogP contribution in [-0.4, -0.2) is 57.7 Å². The van der Waals surface area contributed by atoms with Gasteiger partial charge in [-0.2, -0.15) is 4.98 Å². The van der Waals surface area contributed by atoms with Crippen molar-refractivity contribution < 1.29 is 17.6 Å². The van der Waals surface area contributed by atoms with E-state index in [0.29, 0.717) is 17.1 Å². The lowest BCUT2D eigenvalue weighted by molar-refractivity contribution is 0.0378. The fraction of sp³-hybridized carbons (Fsp3) is 0.318. The van der Waals surface area contributed by atoms with Crippen molar-refractivity contribution >= 4 is 43.3 Å². The van der Waals surface area contributed by atoms with Gasteiger partial charge in [0.15, 0.2) is 0 Å². The van der Waals surface area contributed by atoms with Gasteiger partial charge in [-0.25, -0.2) is 8.42 Å². The van der Waals surface area contributed by atoms with Crippen molar-refractivity contribution in [2.45, 2.75) is 16.3 Å². The second-order valence-electron chi connectivity index (χ2n) is 7.35. The summed E-state index contributed by atoms with van der Waals surface area (Å²) in [6.45, 7) is 4.75. The van der Waals surface area contributed by atoms with Gasteiger partial charge in [-0.15, -0.1) is 0 Å². The molecule has 170 valence electrons. The van der Waals surface area contributed by atoms with Crippen LogP contribution < -0.4 is 5.32 Å². The third-order valence-corrected chi connectivity index (χ3v) is 7.57. The molecule has 2 heterocycles. The molecule has 1 fully saturated rings. The van der Waals surface area contributed by atoms with Crippen molar-refractivity contribution in [3.8, 4) is 11.5 Å². The summed E-state index contributed by atoms with van der Waals surface area (Å²) in [6, 6.07) is 13.3. The van der Waals surface area contributed by atoms with Crippen molar-refractivity contribution in [2.24, 2.45) is 0 Å². The zero-order valence-corrected chi connectivity index (χ0v) is 20.4. The Labute approximate surface area is 200 Å². The number of hydrogen-bond acceptors (Lipinski definition) is 7. The van der Waals surface area contributed by atoms with Gasteiger partial charge in [0.25, 0.3) is 0 Å². The number of aromatic nitrogens is 1. The summed E-state index contributed by atoms with van der Waals surface area (Å²) in [5.74, 6) is 0.355. The van der Waals surface area contributed by atoms with Gasteiger partial charge in [-0.05, 0) is 61.5 Å². The van der Waals surface area contributed by atoms with Gasteiger partial charge in [0.05, 0.1) is 18.1 Å². The number of ether oxygens (including phenoxy) is 1. The number of sulfone groups is 1. The highest BCUT2D eigenvalue weighted by Gasteiger charge is 2.28. The molecule has 0 aliphatic carbocycles. The first-order valence-electron chi connectivity index (χ1n) is 10.2. The highest BCUT2D eigenvalue weighted by Crippen LogP contribution is 2.33. The zero-order chi connectivity index (χ0) is 22.6. The Hall–Kier alpha value is -1.91. The van der Waals surface area contributed by atoms with Crippen molar-refractivity contribution in [1.82, 2.24) is 9.88 Å². The standard InChI is InChI=1S/C22H23BrClN3O4S/c23-17-4-8-19(9-5-17)32(28,29)22-21(25-10-1-11-27-12-14-30-15-13-27)31-20(26-22)16-2-6-18(24)7-3-16/h2-9,25H,1,10-15H2. The summed E-state index contributed by atoms with van der Waals surface area (Å²) in [6.07, 6.45) is 0.828. The lowest BCUT2D eigenvalue weighted by Gasteiger charge is -2.26. The monoisotopic (exact) mass is 539 g/mol. The first-order chi connectivity index (χ1) is 15.4. The van der Waals surface area contributed by atoms with Crippen LogP contribution in [0.2, 0.25) is 5.02 Å². The summed E-state index contributed by atoms with van der Waals surface area (Å²) >= 11 is 9.31. The van der Waals surface area contributed by atoms with Gasteiger partial charge >= 0.3 is 0 Å². The molecule has 0 unspecified atom stereocenters. The maximum absolute atomic E-state index is 13.3. The Bertz CT molecular complexity index is 1140. The minimum absolute atomic E-state index is 0.129. The molecule has 1 aliphatic rings. The SMILES string of the molecule is O=S(=O)(c1ccc(Br)cc1)c1nc(-c2ccc(Cl)cc2)oc1NCCCN1CCOCC1. The average molecular weight is 541 g/mol. The molecule has 0 atom stereocenters. The molecule has 0 amide bonds. The lowest BCUT2D eigenvalue weighted by Crippen LogP contribution is -2.37. The fourth-order valence-corrected chi connectivity index (χ4v) is 5.04. The van der Waals surface area contributed by atoms with E-state index in [1.807, 2.05) is 0 Å². The van der Waals surface area contributed by atoms with E-state index in [9.17, 15) is 8.42 Å². The topological polar surface area (TPSA) is 84.7 Å². The number of anilines is 1. The van der Waals surface area contributed by atoms with E-state index in [1.54, 1.807) is 36.4 Å². The van der Waals surface area contributed by atoms with E-state index in [-0.39, 0.29) is 21.7 Å². The third kappa shape index (κ3) is 5.52. The zero-order valence-electron chi connectivity index (χ0n) is 17.3. The van der Waals surface area contributed by atoms with Crippen molar-refractivity contribution in [2.75, 3.05) is 44.7 Å². The molecule has 0 bridgehead atoms. The first-order valence-corrected chi connectivity index (χ1v) is 12.9. The summed E-state index contributed by atoms with van der Waals surface area (Å²) in [5, 5.41) is 3.59. The van der Waals surface area contributed by atoms with E-state index in [2.05, 4.69) is 31.1 Å². The molecule has 1 aliphatic heterocycles. The van der Waals surface area contributed by atoms with Gasteiger partial charge in [-0.1, -0.05) is 27.5 Å². The number of morpholine rings is 1. The fourth-order valence-electron chi connectivity index (χ4n) is 3.37. The molecule has 7 nitrogen and oxygen atoms in total. The lowest BCUT2D eigenvalue weighted by atomic mass is 10.2. The Morgan fingerprint density at radius 3 is 2.44 bits per heavy atom. The number of oxazole rings is 1. The Balaban J connectivity index is 1.58. The van der Waals surface area contributed by atoms with E-state index < -0.39 is 9.84 Å². The number of nitrogens with zero attached hydrogens (tertiary/aromatic N) is 2. The Morgan fingerprint density at radius 2 is 1.75 bits per heavy atom. The van der Waals surface area contributed by atoms with Crippen LogP contribution in [0.5, 0.6) is 0 Å². The van der Waals surface area contributed by atoms with E-state index >= 15 is 0 Å². The van der Waals surface area contributed by atoms with Crippen LogP contribution in [0.3, 0.4) is 0 Å². The van der Waals surface area contributed by atoms with Crippen LogP contribution in [0.1, 0.15) is 6.42 Å². The van der Waals surface area contributed by atoms with Crippen LogP contribution in [-0.2, 0) is 14.6 Å². The van der Waals surface area contributed by atoms with E-state index in [0.717, 1.165) is 43.7 Å². The molecule has 1 N–H and O–H groups in total. The molecule has 4 rings (SSSR count). The number of halogens is 2. The van der Waals surface area contributed by atoms with Crippen molar-refractivity contribution in [3.05, 3.63) is 58.0 Å². The van der Waals surface area contributed by atoms with Crippen molar-refractivity contribution in [1.29, 1.82) is 0 Å². The number of hydrogen-bond donors (Lipinski definition) is 1. The largest absolute Gasteiger partial charge is 0.419 e. The number of rotatable bonds is 8. The number of benzene rings is 2. The van der Waals surface area contributed by atoms with Gasteiger partial charge in [-0.3, -0.25) is 4.90 Å². The highest BCUT2D eigenvalue weighted by atomic mass is 79.9. The van der Waals surface area contributed by atoms with Crippen LogP contribution in [0, 0.1) is 0 Å². The first kappa shape index (κ1) is 23.3. The average Bonchev–Trinajstić information content (AvgIpc) is 3.23. The van der Waals surface area contributed by atoms with Crippen LogP contribution in [0.4, 0.5) is 5.88 Å². The smallest absolute Gasteiger partial charge is 0.233 e. The van der Waals surface area contributed by atoms with Gasteiger partial charge < -0.3 is 14.5 Å². The number of nitrogens with one attached hydrogen (secondary N) is 1. The predicted molar refractivity (Wildman–Crippen MR) is 127 cm³/mol. The highest BCUT2D eigenvalue weighted by molar-refractivity contribution is 9.10. The molecular weight excluding hydrogens is 518 g/mol. The Kier molecular flexibility index (Phi) is 7.52. The molecule has 0 radical (unpaired) electrons. The minimum atomic E-state index is -3.88. The maximum atomic E-state index is 13.3. The molecule has 10 heteroatoms. The summed E-state index contributed by atoms with van der Waals surface area (Å²) in [7, 11) is -3.88. The van der Waals surface area contributed by atoms with Gasteiger partial charge in [0, 0.05) is 34.7 Å². The molecule has 0 spiro atoms. The van der Waals surface area contributed by atoms with Crippen molar-refractivity contribution in [3.63, 3.8) is 0 Å². The predicted octanol–water partition coefficient (Wildman–Crippen LogP) is 4.72. The van der Waals surface area contributed by atoms with Gasteiger partial charge in [0.2, 0.25) is 26.6 Å². The second-order valence-corrected chi connectivity index (χ2v) is 10.6. The summed E-state index contributed by atoms with van der Waals surface area (Å²) < 4.78 is 38.7. The van der Waals surface area contributed by atoms with Crippen LogP contribution in [0.25, 0.3) is 11.5 Å². The summed E-state index contributed by atoms with van der Waals surface area (Å²) in [5.41, 5.74) is 0.642.